The van der Waals surface area contributed by atoms with Gasteiger partial charge in [0.25, 0.3) is 0 Å². The van der Waals surface area contributed by atoms with E-state index in [0.717, 1.165) is 27.6 Å². The predicted octanol–water partition coefficient (Wildman–Crippen LogP) is 2.37. The zero-order chi connectivity index (χ0) is 13.7. The number of nitrogens with one attached hydrogen (secondary N) is 1. The Morgan fingerprint density at radius 2 is 2.21 bits per heavy atom. The van der Waals surface area contributed by atoms with Gasteiger partial charge in [0.15, 0.2) is 10.2 Å². The fraction of sp³-hybridized carbons (Fsp3) is 0.455. The van der Waals surface area contributed by atoms with Gasteiger partial charge in [-0.3, -0.25) is 0 Å². The molecule has 6 nitrogen and oxygen atoms in total. The van der Waals surface area contributed by atoms with Gasteiger partial charge >= 0.3 is 0 Å². The maximum absolute atomic E-state index is 5.08. The molecule has 0 aromatic carbocycles. The monoisotopic (exact) mass is 297 g/mol. The number of hydrogen-bond donors (Lipinski definition) is 1. The van der Waals surface area contributed by atoms with Crippen molar-refractivity contribution in [2.45, 2.75) is 29.8 Å². The van der Waals surface area contributed by atoms with Crippen molar-refractivity contribution in [3.8, 4) is 0 Å². The zero-order valence-corrected chi connectivity index (χ0v) is 12.6. The zero-order valence-electron chi connectivity index (χ0n) is 11.0. The minimum absolute atomic E-state index is 0.391. The first-order chi connectivity index (χ1) is 9.21. The van der Waals surface area contributed by atoms with Crippen molar-refractivity contribution in [2.75, 3.05) is 19.0 Å². The van der Waals surface area contributed by atoms with Crippen LogP contribution in [0.1, 0.15) is 18.6 Å². The van der Waals surface area contributed by atoms with Crippen molar-refractivity contribution >= 4 is 29.1 Å². The Labute approximate surface area is 120 Å². The molecular weight excluding hydrogens is 282 g/mol. The average Bonchev–Trinajstić information content (AvgIpc) is 2.75. The summed E-state index contributed by atoms with van der Waals surface area (Å²) in [5, 5.41) is 4.03. The van der Waals surface area contributed by atoms with Gasteiger partial charge in [0.05, 0.1) is 0 Å². The Morgan fingerprint density at radius 1 is 1.37 bits per heavy atom. The van der Waals surface area contributed by atoms with Crippen LogP contribution in [0.15, 0.2) is 15.4 Å². The number of anilines is 1. The maximum Gasteiger partial charge on any atom is 0.176 e. The normalized spacial score (nSPS) is 10.7. The number of aromatic nitrogens is 4. The summed E-state index contributed by atoms with van der Waals surface area (Å²) >= 11 is 2.86. The number of hydrogen-bond acceptors (Lipinski definition) is 8. The van der Waals surface area contributed by atoms with E-state index in [1.165, 1.54) is 23.3 Å². The molecule has 0 unspecified atom stereocenters. The smallest absolute Gasteiger partial charge is 0.176 e. The molecule has 0 fully saturated rings. The summed E-state index contributed by atoms with van der Waals surface area (Å²) in [6.45, 7) is 5.10. The van der Waals surface area contributed by atoms with E-state index in [0.29, 0.717) is 12.4 Å². The van der Waals surface area contributed by atoms with Crippen LogP contribution < -0.4 is 5.32 Å². The molecule has 0 amide bonds. The number of ether oxygens (including phenoxy) is 1. The van der Waals surface area contributed by atoms with Gasteiger partial charge in [-0.2, -0.15) is 4.37 Å². The summed E-state index contributed by atoms with van der Waals surface area (Å²) in [6.07, 6.45) is 0. The van der Waals surface area contributed by atoms with Crippen LogP contribution in [0.2, 0.25) is 0 Å². The van der Waals surface area contributed by atoms with Crippen LogP contribution in [0, 0.1) is 6.92 Å². The number of methoxy groups -OCH3 is 1. The first-order valence-corrected chi connectivity index (χ1v) is 7.39. The second kappa shape index (κ2) is 6.78. The van der Waals surface area contributed by atoms with Gasteiger partial charge in [-0.25, -0.2) is 15.0 Å². The molecule has 2 aromatic heterocycles. The van der Waals surface area contributed by atoms with E-state index in [2.05, 4.69) is 24.6 Å². The molecule has 0 bridgehead atoms. The van der Waals surface area contributed by atoms with Gasteiger partial charge in [-0.05, 0) is 37.1 Å². The summed E-state index contributed by atoms with van der Waals surface area (Å²) in [6, 6.07) is 1.91. The minimum Gasteiger partial charge on any atom is -0.377 e. The van der Waals surface area contributed by atoms with Gasteiger partial charge in [0.1, 0.15) is 23.3 Å². The van der Waals surface area contributed by atoms with Crippen LogP contribution in [0.5, 0.6) is 0 Å². The standard InChI is InChI=1S/C11H15N5OS2/c1-4-12-8-5-10(15-9(14-8)6-17-3)18-11-13-7(2)16-19-11/h5H,4,6H2,1-3H3,(H,12,14,15). The van der Waals surface area contributed by atoms with E-state index < -0.39 is 0 Å². The summed E-state index contributed by atoms with van der Waals surface area (Å²) < 4.78 is 10.1. The van der Waals surface area contributed by atoms with E-state index in [-0.39, 0.29) is 0 Å². The molecule has 8 heteroatoms. The van der Waals surface area contributed by atoms with Crippen molar-refractivity contribution in [1.82, 2.24) is 19.3 Å². The quantitative estimate of drug-likeness (QED) is 0.820. The largest absolute Gasteiger partial charge is 0.377 e. The van der Waals surface area contributed by atoms with Crippen molar-refractivity contribution in [2.24, 2.45) is 0 Å². The summed E-state index contributed by atoms with van der Waals surface area (Å²) in [5.74, 6) is 2.24. The van der Waals surface area contributed by atoms with Crippen LogP contribution in [-0.2, 0) is 11.3 Å². The fourth-order valence-electron chi connectivity index (χ4n) is 1.40. The second-order valence-corrected chi connectivity index (χ2v) is 5.70. The Morgan fingerprint density at radius 3 is 2.84 bits per heavy atom. The van der Waals surface area contributed by atoms with E-state index in [4.69, 9.17) is 4.74 Å². The van der Waals surface area contributed by atoms with Crippen molar-refractivity contribution in [1.29, 1.82) is 0 Å². The Bertz CT molecular complexity index is 521. The van der Waals surface area contributed by atoms with Gasteiger partial charge in [-0.1, -0.05) is 0 Å². The van der Waals surface area contributed by atoms with E-state index in [1.807, 2.05) is 19.9 Å². The van der Waals surface area contributed by atoms with Crippen LogP contribution in [0.25, 0.3) is 0 Å². The molecule has 0 radical (unpaired) electrons. The summed E-state index contributed by atoms with van der Waals surface area (Å²) in [7, 11) is 1.63. The first kappa shape index (κ1) is 14.2. The van der Waals surface area contributed by atoms with Crippen LogP contribution >= 0.6 is 23.3 Å². The average molecular weight is 297 g/mol. The fourth-order valence-corrected chi connectivity index (χ4v) is 3.02. The lowest BCUT2D eigenvalue weighted by molar-refractivity contribution is 0.177. The lowest BCUT2D eigenvalue weighted by atomic mass is 10.5. The van der Waals surface area contributed by atoms with Gasteiger partial charge in [0, 0.05) is 19.7 Å². The Kier molecular flexibility index (Phi) is 5.06. The highest BCUT2D eigenvalue weighted by molar-refractivity contribution is 8.00. The molecule has 0 aliphatic rings. The third-order valence-corrected chi connectivity index (χ3v) is 3.84. The molecule has 2 aromatic rings. The van der Waals surface area contributed by atoms with Crippen molar-refractivity contribution < 1.29 is 4.74 Å². The third-order valence-electron chi connectivity index (χ3n) is 2.08. The molecule has 2 heterocycles. The summed E-state index contributed by atoms with van der Waals surface area (Å²) in [5.41, 5.74) is 0. The molecule has 0 spiro atoms. The van der Waals surface area contributed by atoms with Crippen LogP contribution in [-0.4, -0.2) is 33.0 Å². The van der Waals surface area contributed by atoms with Gasteiger partial charge in [-0.15, -0.1) is 0 Å². The SMILES string of the molecule is CCNc1cc(Sc2nc(C)ns2)nc(COC)n1. The molecule has 0 aliphatic heterocycles. The van der Waals surface area contributed by atoms with Gasteiger partial charge in [0.2, 0.25) is 0 Å². The molecule has 2 rings (SSSR count). The van der Waals surface area contributed by atoms with E-state index >= 15 is 0 Å². The van der Waals surface area contributed by atoms with Crippen molar-refractivity contribution in [3.63, 3.8) is 0 Å². The Balaban J connectivity index is 2.22. The van der Waals surface area contributed by atoms with E-state index in [1.54, 1.807) is 7.11 Å². The molecular formula is C11H15N5OS2. The Hall–Kier alpha value is -1.25. The van der Waals surface area contributed by atoms with E-state index in [9.17, 15) is 0 Å². The van der Waals surface area contributed by atoms with Crippen molar-refractivity contribution in [3.05, 3.63) is 17.7 Å². The van der Waals surface area contributed by atoms with Crippen LogP contribution in [0.4, 0.5) is 5.82 Å². The topological polar surface area (TPSA) is 72.8 Å². The third kappa shape index (κ3) is 4.12. The molecule has 0 saturated heterocycles. The molecule has 0 atom stereocenters. The second-order valence-electron chi connectivity index (χ2n) is 3.68. The number of aryl methyl sites for hydroxylation is 1. The molecule has 1 N–H and O–H groups in total. The van der Waals surface area contributed by atoms with Gasteiger partial charge < -0.3 is 10.1 Å². The molecule has 0 saturated carbocycles. The molecule has 0 aliphatic carbocycles. The first-order valence-electron chi connectivity index (χ1n) is 5.80. The highest BCUT2D eigenvalue weighted by Crippen LogP contribution is 2.28. The lowest BCUT2D eigenvalue weighted by Gasteiger charge is -2.07. The summed E-state index contributed by atoms with van der Waals surface area (Å²) in [4.78, 5) is 13.1. The van der Waals surface area contributed by atoms with Crippen LogP contribution in [0.3, 0.4) is 0 Å². The lowest BCUT2D eigenvalue weighted by Crippen LogP contribution is -2.05. The number of nitrogens with zero attached hydrogens (tertiary/aromatic N) is 4. The molecule has 102 valence electrons. The number of rotatable bonds is 6. The highest BCUT2D eigenvalue weighted by atomic mass is 32.2. The minimum atomic E-state index is 0.391. The molecule has 19 heavy (non-hydrogen) atoms. The predicted molar refractivity (Wildman–Crippen MR) is 75.7 cm³/mol. The maximum atomic E-state index is 5.08. The highest BCUT2D eigenvalue weighted by Gasteiger charge is 2.08.